The van der Waals surface area contributed by atoms with Gasteiger partial charge in [0.05, 0.1) is 12.0 Å². The molecule has 4 N–H and O–H groups in total. The zero-order valence-corrected chi connectivity index (χ0v) is 30.5. The van der Waals surface area contributed by atoms with Crippen LogP contribution in [0.2, 0.25) is 0 Å². The van der Waals surface area contributed by atoms with E-state index in [-0.39, 0.29) is 31.0 Å². The number of ketones is 1. The van der Waals surface area contributed by atoms with Gasteiger partial charge in [0, 0.05) is 30.6 Å². The fourth-order valence-electron chi connectivity index (χ4n) is 7.61. The maximum atomic E-state index is 14.4. The van der Waals surface area contributed by atoms with Gasteiger partial charge in [0.25, 0.3) is 5.91 Å². The number of Topliss-reactive ketones (excluding diaryl/α,β-unsaturated/α-hetero) is 1. The number of imide groups is 1. The lowest BCUT2D eigenvalue weighted by Crippen LogP contribution is -2.55. The van der Waals surface area contributed by atoms with E-state index in [0.29, 0.717) is 31.6 Å². The molecule has 0 saturated heterocycles. The van der Waals surface area contributed by atoms with Crippen molar-refractivity contribution in [3.63, 3.8) is 0 Å². The first-order chi connectivity index (χ1) is 25.3. The number of benzene rings is 2. The number of carbonyl (C=O) groups is 6. The molecule has 6 amide bonds. The monoisotopic (exact) mass is 727 g/mol. The van der Waals surface area contributed by atoms with Gasteiger partial charge in [-0.3, -0.25) is 24.6 Å². The molecular formula is C40H49N5O8. The highest BCUT2D eigenvalue weighted by Crippen LogP contribution is 2.46. The molecule has 13 nitrogen and oxygen atoms in total. The van der Waals surface area contributed by atoms with Crippen LogP contribution < -0.4 is 21.3 Å². The summed E-state index contributed by atoms with van der Waals surface area (Å²) in [5, 5.41) is 10.7. The molecule has 2 aromatic carbocycles. The molecular weight excluding hydrogens is 678 g/mol. The highest BCUT2D eigenvalue weighted by Gasteiger charge is 2.61. The molecule has 0 radical (unpaired) electrons. The normalized spacial score (nSPS) is 27.7. The average Bonchev–Trinajstić information content (AvgIpc) is 3.41. The van der Waals surface area contributed by atoms with Crippen molar-refractivity contribution in [2.24, 2.45) is 17.8 Å². The molecule has 6 rings (SSSR count). The van der Waals surface area contributed by atoms with Crippen molar-refractivity contribution < 1.29 is 38.2 Å². The topological polar surface area (TPSA) is 172 Å². The number of hydrogen-bond donors (Lipinski definition) is 4. The van der Waals surface area contributed by atoms with Gasteiger partial charge in [-0.05, 0) is 82.6 Å². The van der Waals surface area contributed by atoms with E-state index < -0.39 is 65.2 Å². The summed E-state index contributed by atoms with van der Waals surface area (Å²) in [6, 6.07) is 14.7. The molecule has 0 aromatic heterocycles. The van der Waals surface area contributed by atoms with Gasteiger partial charge in [-0.15, -0.1) is 0 Å². The van der Waals surface area contributed by atoms with Crippen molar-refractivity contribution >= 4 is 41.5 Å². The van der Waals surface area contributed by atoms with Gasteiger partial charge >= 0.3 is 18.2 Å². The summed E-state index contributed by atoms with van der Waals surface area (Å²) in [6.07, 6.45) is 5.49. The van der Waals surface area contributed by atoms with Crippen LogP contribution in [-0.4, -0.2) is 64.0 Å². The van der Waals surface area contributed by atoms with Crippen LogP contribution in [0.4, 0.5) is 20.1 Å². The van der Waals surface area contributed by atoms with Crippen molar-refractivity contribution in [3.8, 4) is 0 Å². The number of rotatable bonds is 4. The molecule has 2 fully saturated rings. The fourth-order valence-corrected chi connectivity index (χ4v) is 7.61. The third-order valence-corrected chi connectivity index (χ3v) is 10.4. The Morgan fingerprint density at radius 3 is 2.26 bits per heavy atom. The number of urea groups is 1. The van der Waals surface area contributed by atoms with Gasteiger partial charge in [0.2, 0.25) is 5.91 Å². The van der Waals surface area contributed by atoms with Crippen LogP contribution in [-0.2, 0) is 36.9 Å². The SMILES string of the molecule is CC(C)(C)OC(=O)N[C@H]1CCCCC/C=C\[C@@H]2C[C@@]2(C(=O)NC(=O)Nc2ccccc2)NC(=O)[C@@H]2C[C@@H](OC(=O)N3Cc4ccccc4C3)CC2C1=O. The molecule has 0 bridgehead atoms. The second kappa shape index (κ2) is 15.8. The van der Waals surface area contributed by atoms with Crippen LogP contribution in [0.5, 0.6) is 0 Å². The standard InChI is InChI=1S/C40H49N5O8/c1-39(2,3)53-37(50)42-32-19-11-6-4-5-8-16-27-22-40(27,35(48)43-36(49)41-28-17-9-7-10-18-28)44-34(47)31-21-29(20-30(31)33(32)46)52-38(51)45-23-25-14-12-13-15-26(25)24-45/h7-10,12-18,27,29-32H,4-6,11,19-24H2,1-3H3,(H,42,50)(H,44,47)(H2,41,43,48,49)/b16-8-/t27-,29+,30?,31-,32+,40-/m1/s1. The van der Waals surface area contributed by atoms with Gasteiger partial charge in [0.15, 0.2) is 5.78 Å². The maximum Gasteiger partial charge on any atom is 0.410 e. The Labute approximate surface area is 309 Å². The molecule has 2 saturated carbocycles. The summed E-state index contributed by atoms with van der Waals surface area (Å²) >= 11 is 0. The molecule has 4 aliphatic rings. The van der Waals surface area contributed by atoms with Crippen molar-refractivity contribution in [2.45, 2.75) is 109 Å². The number of nitrogens with one attached hydrogen (secondary N) is 4. The minimum atomic E-state index is -1.42. The zero-order chi connectivity index (χ0) is 37.8. The highest BCUT2D eigenvalue weighted by atomic mass is 16.6. The lowest BCUT2D eigenvalue weighted by molar-refractivity contribution is -0.136. The predicted molar refractivity (Wildman–Crippen MR) is 195 cm³/mol. The number of para-hydroxylation sites is 1. The Morgan fingerprint density at radius 1 is 0.887 bits per heavy atom. The Bertz CT molecular complexity index is 1730. The number of fused-ring (bicyclic) bond motifs is 3. The van der Waals surface area contributed by atoms with E-state index in [1.54, 1.807) is 56.0 Å². The van der Waals surface area contributed by atoms with Crippen molar-refractivity contribution in [3.05, 3.63) is 77.9 Å². The average molecular weight is 728 g/mol. The first-order valence-electron chi connectivity index (χ1n) is 18.5. The van der Waals surface area contributed by atoms with Gasteiger partial charge < -0.3 is 25.4 Å². The third-order valence-electron chi connectivity index (χ3n) is 10.4. The molecule has 2 aliphatic carbocycles. The maximum absolute atomic E-state index is 14.4. The predicted octanol–water partition coefficient (Wildman–Crippen LogP) is 5.74. The van der Waals surface area contributed by atoms with E-state index in [9.17, 15) is 28.8 Å². The lowest BCUT2D eigenvalue weighted by Gasteiger charge is -2.27. The largest absolute Gasteiger partial charge is 0.446 e. The first kappa shape index (κ1) is 37.6. The van der Waals surface area contributed by atoms with Crippen LogP contribution >= 0.6 is 0 Å². The number of hydrogen-bond acceptors (Lipinski definition) is 8. The van der Waals surface area contributed by atoms with Gasteiger partial charge in [-0.25, -0.2) is 14.4 Å². The van der Waals surface area contributed by atoms with Crippen LogP contribution in [0.15, 0.2) is 66.7 Å². The molecule has 13 heteroatoms. The number of nitrogens with zero attached hydrogens (tertiary/aromatic N) is 1. The van der Waals surface area contributed by atoms with E-state index in [0.717, 1.165) is 30.4 Å². The summed E-state index contributed by atoms with van der Waals surface area (Å²) in [7, 11) is 0. The second-order valence-electron chi connectivity index (χ2n) is 15.5. The Balaban J connectivity index is 1.23. The zero-order valence-electron chi connectivity index (χ0n) is 30.5. The van der Waals surface area contributed by atoms with Crippen LogP contribution in [0, 0.1) is 17.8 Å². The molecule has 282 valence electrons. The summed E-state index contributed by atoms with van der Waals surface area (Å²) in [6.45, 7) is 5.97. The van der Waals surface area contributed by atoms with Crippen molar-refractivity contribution in [1.29, 1.82) is 0 Å². The lowest BCUT2D eigenvalue weighted by atomic mass is 9.85. The fraction of sp³-hybridized carbons (Fsp3) is 0.500. The number of amides is 6. The minimum Gasteiger partial charge on any atom is -0.446 e. The number of allylic oxidation sites excluding steroid dienone is 1. The van der Waals surface area contributed by atoms with E-state index in [1.807, 2.05) is 36.4 Å². The Kier molecular flexibility index (Phi) is 11.2. The summed E-state index contributed by atoms with van der Waals surface area (Å²) in [5.41, 5.74) is 0.338. The van der Waals surface area contributed by atoms with E-state index in [2.05, 4.69) is 21.3 Å². The Morgan fingerprint density at radius 2 is 1.57 bits per heavy atom. The number of ether oxygens (including phenoxy) is 2. The molecule has 0 spiro atoms. The molecule has 2 aromatic rings. The molecule has 6 atom stereocenters. The van der Waals surface area contributed by atoms with Crippen molar-refractivity contribution in [2.75, 3.05) is 5.32 Å². The van der Waals surface area contributed by atoms with Gasteiger partial charge in [-0.2, -0.15) is 0 Å². The van der Waals surface area contributed by atoms with Gasteiger partial charge in [0.1, 0.15) is 17.2 Å². The van der Waals surface area contributed by atoms with Crippen molar-refractivity contribution in [1.82, 2.24) is 20.9 Å². The van der Waals surface area contributed by atoms with Crippen LogP contribution in [0.3, 0.4) is 0 Å². The number of anilines is 1. The quantitative estimate of drug-likeness (QED) is 0.289. The van der Waals surface area contributed by atoms with Crippen LogP contribution in [0.1, 0.15) is 83.3 Å². The van der Waals surface area contributed by atoms with E-state index >= 15 is 0 Å². The molecule has 2 heterocycles. The molecule has 53 heavy (non-hydrogen) atoms. The number of carbonyl (C=O) groups excluding carboxylic acids is 6. The minimum absolute atomic E-state index is 0.0423. The van der Waals surface area contributed by atoms with E-state index in [4.69, 9.17) is 9.47 Å². The Hall–Kier alpha value is -5.20. The first-order valence-corrected chi connectivity index (χ1v) is 18.5. The third kappa shape index (κ3) is 9.24. The molecule has 2 aliphatic heterocycles. The van der Waals surface area contributed by atoms with Crippen LogP contribution in [0.25, 0.3) is 0 Å². The summed E-state index contributed by atoms with van der Waals surface area (Å²) < 4.78 is 11.5. The summed E-state index contributed by atoms with van der Waals surface area (Å²) in [5.74, 6) is -3.86. The summed E-state index contributed by atoms with van der Waals surface area (Å²) in [4.78, 5) is 83.3. The number of alkyl carbamates (subject to hydrolysis) is 1. The smallest absolute Gasteiger partial charge is 0.410 e. The second-order valence-corrected chi connectivity index (χ2v) is 15.5. The highest BCUT2D eigenvalue weighted by molar-refractivity contribution is 6.07. The van der Waals surface area contributed by atoms with E-state index in [1.165, 1.54) is 0 Å². The molecule has 1 unspecified atom stereocenters. The van der Waals surface area contributed by atoms with Gasteiger partial charge in [-0.1, -0.05) is 67.5 Å².